The Kier molecular flexibility index (Phi) is 9.15. The lowest BCUT2D eigenvalue weighted by Crippen LogP contribution is -2.63. The predicted octanol–water partition coefficient (Wildman–Crippen LogP) is 1.91. The summed E-state index contributed by atoms with van der Waals surface area (Å²) in [5, 5.41) is 32.0. The van der Waals surface area contributed by atoms with E-state index in [4.69, 9.17) is 15.6 Å². The molecular weight excluding hydrogens is 588 g/mol. The van der Waals surface area contributed by atoms with Gasteiger partial charge in [-0.2, -0.15) is 0 Å². The molecule has 6 N–H and O–H groups in total. The lowest BCUT2D eigenvalue weighted by atomic mass is 9.84. The minimum Gasteiger partial charge on any atom is -0.494 e. The zero-order chi connectivity index (χ0) is 31.6. The summed E-state index contributed by atoms with van der Waals surface area (Å²) < 4.78 is 63.2. The molecular formula is C28H32F4N8O4. The van der Waals surface area contributed by atoms with Crippen molar-refractivity contribution in [2.24, 2.45) is 5.73 Å². The van der Waals surface area contributed by atoms with Gasteiger partial charge in [-0.1, -0.05) is 0 Å². The highest BCUT2D eigenvalue weighted by Gasteiger charge is 2.43. The number of aromatic nitrogens is 5. The quantitative estimate of drug-likeness (QED) is 0.155. The zero-order valence-electron chi connectivity index (χ0n) is 23.7. The SMILES string of the molecule is COc1cc(F)c(-c2cc(Cn3cnc4c(NC[C@H](O)CO)ncnc43)c(N3CCC[C@](N)([C@H](O)C(F)F)C3)cn2)cc1F. The molecule has 236 valence electrons. The number of hydrogen-bond acceptors (Lipinski definition) is 11. The number of nitrogens with one attached hydrogen (secondary N) is 1. The number of halogens is 4. The summed E-state index contributed by atoms with van der Waals surface area (Å²) >= 11 is 0. The fourth-order valence-electron chi connectivity index (χ4n) is 5.33. The van der Waals surface area contributed by atoms with E-state index in [1.165, 1.54) is 26.0 Å². The standard InChI is InChI=1S/C28H32F4N8O4/c1-44-22-7-18(29)17(6-19(22)30)20-5-15(21(9-34-20)39-4-2-3-28(33,12-39)24(43)25(31)32)10-40-14-38-23-26(35-8-16(42)11-41)36-13-37-27(23)40/h5-7,9,13-14,16,24-25,41-43H,2-4,8,10-12,33H2,1H3,(H,35,36,37)/t16-,24+,28+/m0/s1. The van der Waals surface area contributed by atoms with Crippen molar-refractivity contribution in [3.05, 3.63) is 54.2 Å². The number of methoxy groups -OCH3 is 1. The smallest absolute Gasteiger partial charge is 0.265 e. The first kappa shape index (κ1) is 31.3. The topological polar surface area (TPSA) is 168 Å². The van der Waals surface area contributed by atoms with E-state index in [0.717, 1.165) is 12.1 Å². The number of nitrogens with zero attached hydrogens (tertiary/aromatic N) is 6. The number of nitrogens with two attached hydrogens (primary N) is 1. The molecule has 1 saturated heterocycles. The number of alkyl halides is 2. The van der Waals surface area contributed by atoms with Gasteiger partial charge in [0.2, 0.25) is 0 Å². The molecule has 0 amide bonds. The normalized spacial score (nSPS) is 18.5. The van der Waals surface area contributed by atoms with Crippen LogP contribution >= 0.6 is 0 Å². The van der Waals surface area contributed by atoms with E-state index in [2.05, 4.69) is 25.3 Å². The number of aliphatic hydroxyl groups is 3. The Balaban J connectivity index is 1.56. The Morgan fingerprint density at radius 1 is 1.11 bits per heavy atom. The molecule has 44 heavy (non-hydrogen) atoms. The van der Waals surface area contributed by atoms with Crippen LogP contribution in [0.25, 0.3) is 22.4 Å². The van der Waals surface area contributed by atoms with Crippen LogP contribution in [-0.2, 0) is 6.54 Å². The largest absolute Gasteiger partial charge is 0.494 e. The number of fused-ring (bicyclic) bond motifs is 1. The van der Waals surface area contributed by atoms with E-state index >= 15 is 4.39 Å². The molecule has 0 unspecified atom stereocenters. The first-order valence-corrected chi connectivity index (χ1v) is 13.8. The van der Waals surface area contributed by atoms with Gasteiger partial charge in [-0.05, 0) is 30.5 Å². The van der Waals surface area contributed by atoms with Crippen molar-refractivity contribution >= 4 is 22.7 Å². The van der Waals surface area contributed by atoms with E-state index in [-0.39, 0.29) is 43.1 Å². The Bertz CT molecular complexity index is 1630. The molecule has 0 saturated carbocycles. The molecule has 4 aromatic rings. The van der Waals surface area contributed by atoms with Crippen LogP contribution < -0.4 is 20.7 Å². The van der Waals surface area contributed by atoms with Crippen molar-refractivity contribution in [1.29, 1.82) is 0 Å². The van der Waals surface area contributed by atoms with Crippen LogP contribution in [0, 0.1) is 11.6 Å². The van der Waals surface area contributed by atoms with Gasteiger partial charge in [0.15, 0.2) is 23.0 Å². The molecule has 0 radical (unpaired) electrons. The number of hydrogen-bond donors (Lipinski definition) is 5. The van der Waals surface area contributed by atoms with Gasteiger partial charge in [0.25, 0.3) is 6.43 Å². The molecule has 1 aliphatic heterocycles. The first-order chi connectivity index (χ1) is 21.0. The van der Waals surface area contributed by atoms with Gasteiger partial charge < -0.3 is 40.6 Å². The maximum Gasteiger partial charge on any atom is 0.265 e. The molecule has 0 spiro atoms. The first-order valence-electron chi connectivity index (χ1n) is 13.8. The number of benzene rings is 1. The summed E-state index contributed by atoms with van der Waals surface area (Å²) in [6.07, 6.45) is -1.30. The van der Waals surface area contributed by atoms with Crippen LogP contribution in [0.5, 0.6) is 5.75 Å². The van der Waals surface area contributed by atoms with Crippen molar-refractivity contribution in [3.8, 4) is 17.0 Å². The van der Waals surface area contributed by atoms with Crippen LogP contribution in [0.2, 0.25) is 0 Å². The number of imidazole rings is 1. The average Bonchev–Trinajstić information content (AvgIpc) is 3.43. The van der Waals surface area contributed by atoms with Crippen LogP contribution in [0.1, 0.15) is 18.4 Å². The second kappa shape index (κ2) is 12.9. The van der Waals surface area contributed by atoms with Gasteiger partial charge in [0.05, 0.1) is 55.8 Å². The third kappa shape index (κ3) is 6.24. The van der Waals surface area contributed by atoms with Crippen molar-refractivity contribution in [3.63, 3.8) is 0 Å². The number of aliphatic hydroxyl groups excluding tert-OH is 3. The summed E-state index contributed by atoms with van der Waals surface area (Å²) in [5.74, 6) is -1.51. The van der Waals surface area contributed by atoms with E-state index in [1.54, 1.807) is 15.5 Å². The molecule has 4 heterocycles. The maximum absolute atomic E-state index is 15.1. The molecule has 12 nitrogen and oxygen atoms in total. The number of anilines is 2. The van der Waals surface area contributed by atoms with Crippen LogP contribution in [0.3, 0.4) is 0 Å². The van der Waals surface area contributed by atoms with Crippen molar-refractivity contribution < 1.29 is 37.6 Å². The lowest BCUT2D eigenvalue weighted by molar-refractivity contribution is -0.0529. The van der Waals surface area contributed by atoms with Gasteiger partial charge >= 0.3 is 0 Å². The average molecular weight is 621 g/mol. The fraction of sp³-hybridized carbons (Fsp3) is 0.429. The van der Waals surface area contributed by atoms with E-state index in [9.17, 15) is 23.4 Å². The van der Waals surface area contributed by atoms with Gasteiger partial charge in [-0.15, -0.1) is 0 Å². The molecule has 3 atom stereocenters. The van der Waals surface area contributed by atoms with Crippen molar-refractivity contribution in [2.45, 2.75) is 43.6 Å². The molecule has 0 bridgehead atoms. The van der Waals surface area contributed by atoms with Crippen LogP contribution in [-0.4, -0.2) is 97.3 Å². The number of piperidine rings is 1. The predicted molar refractivity (Wildman–Crippen MR) is 153 cm³/mol. The zero-order valence-corrected chi connectivity index (χ0v) is 23.7. The molecule has 1 aromatic carbocycles. The molecule has 1 aliphatic rings. The minimum atomic E-state index is -3.04. The maximum atomic E-state index is 15.1. The van der Waals surface area contributed by atoms with Gasteiger partial charge in [-0.3, -0.25) is 4.98 Å². The highest BCUT2D eigenvalue weighted by atomic mass is 19.3. The summed E-state index contributed by atoms with van der Waals surface area (Å²) in [5.41, 5.74) is 6.45. The van der Waals surface area contributed by atoms with Gasteiger partial charge in [0, 0.05) is 31.3 Å². The van der Waals surface area contributed by atoms with Crippen LogP contribution in [0.4, 0.5) is 29.1 Å². The number of rotatable bonds is 11. The Hall–Kier alpha value is -4.12. The van der Waals surface area contributed by atoms with E-state index < -0.39 is 42.4 Å². The van der Waals surface area contributed by atoms with Gasteiger partial charge in [-0.25, -0.2) is 32.5 Å². The Morgan fingerprint density at radius 2 is 1.91 bits per heavy atom. The van der Waals surface area contributed by atoms with Crippen LogP contribution in [0.15, 0.2) is 37.1 Å². The number of ether oxygens (including phenoxy) is 1. The molecule has 1 fully saturated rings. The summed E-state index contributed by atoms with van der Waals surface area (Å²) in [6.45, 7) is -0.0362. The Morgan fingerprint density at radius 3 is 2.64 bits per heavy atom. The lowest BCUT2D eigenvalue weighted by Gasteiger charge is -2.44. The number of pyridine rings is 1. The van der Waals surface area contributed by atoms with E-state index in [1.807, 2.05) is 0 Å². The third-order valence-corrected chi connectivity index (χ3v) is 7.67. The highest BCUT2D eigenvalue weighted by Crippen LogP contribution is 2.35. The molecule has 5 rings (SSSR count). The fourth-order valence-corrected chi connectivity index (χ4v) is 5.33. The Labute approximate surface area is 249 Å². The third-order valence-electron chi connectivity index (χ3n) is 7.67. The second-order valence-corrected chi connectivity index (χ2v) is 10.7. The summed E-state index contributed by atoms with van der Waals surface area (Å²) in [4.78, 5) is 19.0. The molecule has 0 aliphatic carbocycles. The summed E-state index contributed by atoms with van der Waals surface area (Å²) in [7, 11) is 1.22. The highest BCUT2D eigenvalue weighted by molar-refractivity contribution is 5.82. The summed E-state index contributed by atoms with van der Waals surface area (Å²) in [6, 6.07) is 3.45. The molecule has 16 heteroatoms. The monoisotopic (exact) mass is 620 g/mol. The molecule has 3 aromatic heterocycles. The van der Waals surface area contributed by atoms with Gasteiger partial charge in [0.1, 0.15) is 23.8 Å². The second-order valence-electron chi connectivity index (χ2n) is 10.7. The van der Waals surface area contributed by atoms with E-state index in [0.29, 0.717) is 41.2 Å². The van der Waals surface area contributed by atoms with Crippen molar-refractivity contribution in [1.82, 2.24) is 24.5 Å². The van der Waals surface area contributed by atoms with Crippen molar-refractivity contribution in [2.75, 3.05) is 43.6 Å². The minimum absolute atomic E-state index is 0.0115.